The molecule has 100 valence electrons. The molecule has 18 heavy (non-hydrogen) atoms. The molecule has 5 N–H and O–H groups in total. The second-order valence-corrected chi connectivity index (χ2v) is 5.32. The topological polar surface area (TPSA) is 81.1 Å². The van der Waals surface area contributed by atoms with E-state index >= 15 is 0 Å². The molecule has 0 spiro atoms. The molecule has 1 amide bonds. The van der Waals surface area contributed by atoms with E-state index in [1.54, 1.807) is 11.8 Å². The third-order valence-electron chi connectivity index (χ3n) is 2.67. The van der Waals surface area contributed by atoms with Crippen molar-refractivity contribution in [3.8, 4) is 0 Å². The number of carbonyl (C=O) groups excluding carboxylic acids is 1. The van der Waals surface area contributed by atoms with Crippen LogP contribution in [0.2, 0.25) is 0 Å². The quantitative estimate of drug-likeness (QED) is 0.692. The highest BCUT2D eigenvalue weighted by Crippen LogP contribution is 2.22. The molecule has 1 aromatic carbocycles. The summed E-state index contributed by atoms with van der Waals surface area (Å²) in [7, 11) is 0. The maximum atomic E-state index is 13.6. The second kappa shape index (κ2) is 6.49. The van der Waals surface area contributed by atoms with Crippen molar-refractivity contribution >= 4 is 29.0 Å². The van der Waals surface area contributed by atoms with Gasteiger partial charge in [-0.15, -0.1) is 0 Å². The van der Waals surface area contributed by atoms with Gasteiger partial charge in [-0.1, -0.05) is 6.92 Å². The molecule has 1 aromatic rings. The van der Waals surface area contributed by atoms with Crippen LogP contribution in [0.1, 0.15) is 23.7 Å². The summed E-state index contributed by atoms with van der Waals surface area (Å²) in [4.78, 5) is 11.1. The van der Waals surface area contributed by atoms with Crippen molar-refractivity contribution in [1.82, 2.24) is 0 Å². The minimum Gasteiger partial charge on any atom is -0.398 e. The lowest BCUT2D eigenvalue weighted by Gasteiger charge is -2.12. The number of thioether (sulfide) groups is 1. The summed E-state index contributed by atoms with van der Waals surface area (Å²) in [5.74, 6) is -1.14. The van der Waals surface area contributed by atoms with Crippen LogP contribution in [0.4, 0.5) is 15.8 Å². The average Bonchev–Trinajstić information content (AvgIpc) is 2.31. The minimum absolute atomic E-state index is 0.0584. The molecular weight excluding hydrogens is 253 g/mol. The van der Waals surface area contributed by atoms with Gasteiger partial charge in [-0.2, -0.15) is 11.8 Å². The number of halogens is 1. The number of hydrogen-bond donors (Lipinski definition) is 3. The van der Waals surface area contributed by atoms with Gasteiger partial charge in [0, 0.05) is 17.5 Å². The normalized spacial score (nSPS) is 12.2. The van der Waals surface area contributed by atoms with Crippen molar-refractivity contribution in [1.29, 1.82) is 0 Å². The van der Waals surface area contributed by atoms with E-state index in [0.29, 0.717) is 11.8 Å². The van der Waals surface area contributed by atoms with E-state index in [2.05, 4.69) is 12.2 Å². The molecule has 0 fully saturated rings. The van der Waals surface area contributed by atoms with Crippen LogP contribution in [-0.2, 0) is 0 Å². The number of nitrogens with one attached hydrogen (secondary N) is 1. The van der Waals surface area contributed by atoms with Crippen LogP contribution in [0.15, 0.2) is 12.1 Å². The lowest BCUT2D eigenvalue weighted by molar-refractivity contribution is 0.100. The SMILES string of the molecule is CSC(C)CCNc1cc(C(N)=O)c(N)cc1F. The van der Waals surface area contributed by atoms with E-state index in [1.807, 2.05) is 6.26 Å². The van der Waals surface area contributed by atoms with Gasteiger partial charge >= 0.3 is 0 Å². The highest BCUT2D eigenvalue weighted by atomic mass is 32.2. The molecular formula is C12H18FN3OS. The first-order valence-electron chi connectivity index (χ1n) is 5.61. The van der Waals surface area contributed by atoms with Crippen LogP contribution < -0.4 is 16.8 Å². The van der Waals surface area contributed by atoms with E-state index in [0.717, 1.165) is 12.5 Å². The zero-order chi connectivity index (χ0) is 13.7. The molecule has 0 aromatic heterocycles. The van der Waals surface area contributed by atoms with Crippen molar-refractivity contribution in [2.24, 2.45) is 5.73 Å². The largest absolute Gasteiger partial charge is 0.398 e. The van der Waals surface area contributed by atoms with Crippen LogP contribution in [-0.4, -0.2) is 24.0 Å². The molecule has 0 heterocycles. The molecule has 0 saturated carbocycles. The molecule has 0 bridgehead atoms. The second-order valence-electron chi connectivity index (χ2n) is 4.05. The maximum Gasteiger partial charge on any atom is 0.250 e. The van der Waals surface area contributed by atoms with Crippen LogP contribution in [0, 0.1) is 5.82 Å². The summed E-state index contributed by atoms with van der Waals surface area (Å²) in [5, 5.41) is 3.44. The van der Waals surface area contributed by atoms with Gasteiger partial charge in [0.2, 0.25) is 0 Å². The third-order valence-corrected chi connectivity index (χ3v) is 3.71. The first-order chi connectivity index (χ1) is 8.45. The molecule has 0 aliphatic heterocycles. The summed E-state index contributed by atoms with van der Waals surface area (Å²) >= 11 is 1.75. The van der Waals surface area contributed by atoms with Gasteiger partial charge in [0.05, 0.1) is 11.3 Å². The van der Waals surface area contributed by atoms with E-state index in [9.17, 15) is 9.18 Å². The number of nitrogen functional groups attached to an aromatic ring is 1. The van der Waals surface area contributed by atoms with Crippen LogP contribution >= 0.6 is 11.8 Å². The molecule has 1 unspecified atom stereocenters. The zero-order valence-electron chi connectivity index (χ0n) is 10.5. The van der Waals surface area contributed by atoms with E-state index in [1.165, 1.54) is 6.07 Å². The lowest BCUT2D eigenvalue weighted by atomic mass is 10.1. The highest BCUT2D eigenvalue weighted by Gasteiger charge is 2.11. The van der Waals surface area contributed by atoms with Gasteiger partial charge in [0.1, 0.15) is 5.82 Å². The van der Waals surface area contributed by atoms with Crippen molar-refractivity contribution < 1.29 is 9.18 Å². The van der Waals surface area contributed by atoms with Crippen molar-refractivity contribution in [3.63, 3.8) is 0 Å². The third kappa shape index (κ3) is 3.80. The predicted molar refractivity (Wildman–Crippen MR) is 75.4 cm³/mol. The van der Waals surface area contributed by atoms with Crippen molar-refractivity contribution in [2.75, 3.05) is 23.9 Å². The standard InChI is InChI=1S/C12H18FN3OS/c1-7(18-2)3-4-16-11-5-8(12(15)17)10(14)6-9(11)13/h5-7,16H,3-4,14H2,1-2H3,(H2,15,17). The van der Waals surface area contributed by atoms with Crippen LogP contribution in [0.5, 0.6) is 0 Å². The Balaban J connectivity index is 2.76. The Morgan fingerprint density at radius 2 is 2.22 bits per heavy atom. The monoisotopic (exact) mass is 271 g/mol. The lowest BCUT2D eigenvalue weighted by Crippen LogP contribution is -2.15. The maximum absolute atomic E-state index is 13.6. The van der Waals surface area contributed by atoms with Crippen LogP contribution in [0.3, 0.4) is 0 Å². The minimum atomic E-state index is -0.659. The fourth-order valence-electron chi connectivity index (χ4n) is 1.47. The smallest absolute Gasteiger partial charge is 0.250 e. The van der Waals surface area contributed by atoms with Crippen molar-refractivity contribution in [2.45, 2.75) is 18.6 Å². The molecule has 0 saturated heterocycles. The van der Waals surface area contributed by atoms with E-state index in [-0.39, 0.29) is 16.9 Å². The number of hydrogen-bond acceptors (Lipinski definition) is 4. The molecule has 0 aliphatic rings. The molecule has 1 rings (SSSR count). The highest BCUT2D eigenvalue weighted by molar-refractivity contribution is 7.99. The van der Waals surface area contributed by atoms with Gasteiger partial charge < -0.3 is 16.8 Å². The van der Waals surface area contributed by atoms with Gasteiger partial charge in [-0.05, 0) is 24.8 Å². The van der Waals surface area contributed by atoms with Gasteiger partial charge in [-0.25, -0.2) is 4.39 Å². The summed E-state index contributed by atoms with van der Waals surface area (Å²) in [5.41, 5.74) is 11.1. The van der Waals surface area contributed by atoms with Gasteiger partial charge in [0.15, 0.2) is 0 Å². The Hall–Kier alpha value is -1.43. The molecule has 0 aliphatic carbocycles. The van der Waals surface area contributed by atoms with Gasteiger partial charge in [0.25, 0.3) is 5.91 Å². The summed E-state index contributed by atoms with van der Waals surface area (Å²) in [6.45, 7) is 2.72. The zero-order valence-corrected chi connectivity index (χ0v) is 11.3. The Labute approximate surface area is 110 Å². The van der Waals surface area contributed by atoms with E-state index in [4.69, 9.17) is 11.5 Å². The van der Waals surface area contributed by atoms with Crippen LogP contribution in [0.25, 0.3) is 0 Å². The molecule has 6 heteroatoms. The molecule has 1 atom stereocenters. The van der Waals surface area contributed by atoms with Gasteiger partial charge in [-0.3, -0.25) is 4.79 Å². The average molecular weight is 271 g/mol. The van der Waals surface area contributed by atoms with Crippen molar-refractivity contribution in [3.05, 3.63) is 23.5 Å². The fourth-order valence-corrected chi connectivity index (χ4v) is 1.82. The summed E-state index contributed by atoms with van der Waals surface area (Å²) in [6, 6.07) is 2.47. The Bertz CT molecular complexity index is 440. The molecule has 0 radical (unpaired) electrons. The summed E-state index contributed by atoms with van der Waals surface area (Å²) < 4.78 is 13.6. The number of primary amides is 1. The first-order valence-corrected chi connectivity index (χ1v) is 6.90. The number of benzene rings is 1. The number of nitrogens with two attached hydrogens (primary N) is 2. The fraction of sp³-hybridized carbons (Fsp3) is 0.417. The number of carbonyl (C=O) groups is 1. The Kier molecular flexibility index (Phi) is 5.27. The van der Waals surface area contributed by atoms with E-state index < -0.39 is 11.7 Å². The number of anilines is 2. The Morgan fingerprint density at radius 3 is 2.78 bits per heavy atom. The first kappa shape index (κ1) is 14.6. The number of rotatable bonds is 6. The predicted octanol–water partition coefficient (Wildman–Crippen LogP) is 2.06. The molecule has 4 nitrogen and oxygen atoms in total. The summed E-state index contributed by atoms with van der Waals surface area (Å²) in [6.07, 6.45) is 2.93. The number of amides is 1. The Morgan fingerprint density at radius 1 is 1.56 bits per heavy atom.